The van der Waals surface area contributed by atoms with Crippen LogP contribution in [-0.2, 0) is 12.4 Å². The third-order valence-electron chi connectivity index (χ3n) is 2.72. The van der Waals surface area contributed by atoms with Crippen molar-refractivity contribution in [1.29, 1.82) is 0 Å². The summed E-state index contributed by atoms with van der Waals surface area (Å²) in [5.74, 6) is 0.702. The van der Waals surface area contributed by atoms with Gasteiger partial charge in [-0.15, -0.1) is 11.8 Å². The van der Waals surface area contributed by atoms with E-state index in [2.05, 4.69) is 15.9 Å². The van der Waals surface area contributed by atoms with Crippen LogP contribution in [0.5, 0.6) is 0 Å². The highest BCUT2D eigenvalue weighted by atomic mass is 79.9. The molecule has 0 aliphatic heterocycles. The second-order valence-electron chi connectivity index (χ2n) is 4.13. The van der Waals surface area contributed by atoms with Gasteiger partial charge in [-0.2, -0.15) is 0 Å². The Hall–Kier alpha value is -1.37. The number of nitrogens with zero attached hydrogens (tertiary/aromatic N) is 1. The van der Waals surface area contributed by atoms with Crippen molar-refractivity contribution in [1.82, 2.24) is 0 Å². The van der Waals surface area contributed by atoms with Crippen molar-refractivity contribution >= 4 is 33.4 Å². The fraction of sp³-hybridized carbons (Fsp3) is 0.143. The number of nitro benzene ring substituents is 1. The van der Waals surface area contributed by atoms with E-state index in [-0.39, 0.29) is 12.3 Å². The Morgan fingerprint density at radius 1 is 1.25 bits per heavy atom. The molecule has 4 nitrogen and oxygen atoms in total. The number of non-ortho nitro benzene ring substituents is 1. The van der Waals surface area contributed by atoms with Crippen LogP contribution in [0.1, 0.15) is 11.1 Å². The van der Waals surface area contributed by atoms with Crippen LogP contribution in [0.2, 0.25) is 0 Å². The van der Waals surface area contributed by atoms with Gasteiger partial charge in [-0.05, 0) is 23.3 Å². The minimum atomic E-state index is -0.410. The monoisotopic (exact) mass is 353 g/mol. The third kappa shape index (κ3) is 3.82. The van der Waals surface area contributed by atoms with Crippen molar-refractivity contribution in [2.24, 2.45) is 0 Å². The minimum Gasteiger partial charge on any atom is -0.392 e. The smallest absolute Gasteiger partial charge is 0.270 e. The molecule has 0 heterocycles. The molecule has 0 radical (unpaired) electrons. The van der Waals surface area contributed by atoms with Crippen LogP contribution in [0.25, 0.3) is 0 Å². The Labute approximate surface area is 129 Å². The first-order valence-corrected chi connectivity index (χ1v) is 7.63. The Morgan fingerprint density at radius 3 is 2.70 bits per heavy atom. The van der Waals surface area contributed by atoms with E-state index in [9.17, 15) is 10.1 Å². The summed E-state index contributed by atoms with van der Waals surface area (Å²) >= 11 is 4.98. The number of thioether (sulfide) groups is 1. The van der Waals surface area contributed by atoms with Crippen molar-refractivity contribution in [3.05, 3.63) is 68.2 Å². The van der Waals surface area contributed by atoms with Gasteiger partial charge in [0.05, 0.1) is 11.5 Å². The number of hydrogen-bond acceptors (Lipinski definition) is 4. The van der Waals surface area contributed by atoms with Gasteiger partial charge in [0.25, 0.3) is 5.69 Å². The van der Waals surface area contributed by atoms with Gasteiger partial charge in [-0.25, -0.2) is 0 Å². The van der Waals surface area contributed by atoms with Gasteiger partial charge in [0.2, 0.25) is 0 Å². The van der Waals surface area contributed by atoms with Gasteiger partial charge in [0.15, 0.2) is 0 Å². The Kier molecular flexibility index (Phi) is 5.17. The maximum atomic E-state index is 10.7. The lowest BCUT2D eigenvalue weighted by atomic mass is 10.2. The third-order valence-corrected chi connectivity index (χ3v) is 4.50. The van der Waals surface area contributed by atoms with Crippen LogP contribution < -0.4 is 0 Å². The van der Waals surface area contributed by atoms with Crippen LogP contribution in [0.15, 0.2) is 51.8 Å². The number of hydrogen-bond donors (Lipinski definition) is 1. The fourth-order valence-corrected chi connectivity index (χ4v) is 3.34. The molecule has 6 heteroatoms. The molecule has 20 heavy (non-hydrogen) atoms. The van der Waals surface area contributed by atoms with Crippen LogP contribution in [0, 0.1) is 10.1 Å². The Morgan fingerprint density at radius 2 is 2.05 bits per heavy atom. The van der Waals surface area contributed by atoms with Gasteiger partial charge >= 0.3 is 0 Å². The maximum absolute atomic E-state index is 10.7. The van der Waals surface area contributed by atoms with Crippen molar-refractivity contribution < 1.29 is 10.0 Å². The van der Waals surface area contributed by atoms with Gasteiger partial charge in [-0.3, -0.25) is 10.1 Å². The number of rotatable bonds is 5. The van der Waals surface area contributed by atoms with E-state index in [0.717, 1.165) is 20.5 Å². The molecular weight excluding hydrogens is 342 g/mol. The number of halogens is 1. The van der Waals surface area contributed by atoms with E-state index in [1.54, 1.807) is 17.8 Å². The van der Waals surface area contributed by atoms with Crippen LogP contribution >= 0.6 is 27.7 Å². The molecule has 0 saturated heterocycles. The lowest BCUT2D eigenvalue weighted by molar-refractivity contribution is -0.384. The van der Waals surface area contributed by atoms with E-state index in [1.807, 2.05) is 24.3 Å². The van der Waals surface area contributed by atoms with E-state index >= 15 is 0 Å². The molecule has 2 aromatic carbocycles. The average molecular weight is 354 g/mol. The van der Waals surface area contributed by atoms with Crippen molar-refractivity contribution in [2.75, 3.05) is 0 Å². The SMILES string of the molecule is O=[N+]([O-])c1ccc(CSc2cccc(CO)c2)c(Br)c1. The average Bonchev–Trinajstić information content (AvgIpc) is 2.46. The lowest BCUT2D eigenvalue weighted by Gasteiger charge is -2.06. The number of nitro groups is 1. The normalized spacial score (nSPS) is 10.5. The molecule has 104 valence electrons. The first-order chi connectivity index (χ1) is 9.60. The predicted octanol–water partition coefficient (Wildman–Crippen LogP) is 4.14. The molecule has 2 aromatic rings. The summed E-state index contributed by atoms with van der Waals surface area (Å²) in [6.45, 7) is 0.0234. The Bertz CT molecular complexity index is 634. The van der Waals surface area contributed by atoms with Crippen LogP contribution in [-0.4, -0.2) is 10.0 Å². The van der Waals surface area contributed by atoms with Crippen molar-refractivity contribution in [2.45, 2.75) is 17.3 Å². The van der Waals surface area contributed by atoms with Gasteiger partial charge < -0.3 is 5.11 Å². The number of aliphatic hydroxyl groups excluding tert-OH is 1. The van der Waals surface area contributed by atoms with Gasteiger partial charge in [0, 0.05) is 27.3 Å². The van der Waals surface area contributed by atoms with E-state index < -0.39 is 4.92 Å². The molecule has 0 saturated carbocycles. The summed E-state index contributed by atoms with van der Waals surface area (Å²) in [4.78, 5) is 11.3. The first kappa shape index (κ1) is 15.0. The molecule has 0 atom stereocenters. The molecule has 0 aliphatic rings. The highest BCUT2D eigenvalue weighted by molar-refractivity contribution is 9.10. The predicted molar refractivity (Wildman–Crippen MR) is 82.7 cm³/mol. The molecule has 0 aliphatic carbocycles. The van der Waals surface area contributed by atoms with Gasteiger partial charge in [-0.1, -0.05) is 34.1 Å². The molecule has 2 rings (SSSR count). The summed E-state index contributed by atoms with van der Waals surface area (Å²) in [5.41, 5.74) is 1.95. The van der Waals surface area contributed by atoms with Gasteiger partial charge in [0.1, 0.15) is 0 Å². The molecule has 0 amide bonds. The summed E-state index contributed by atoms with van der Waals surface area (Å²) in [6.07, 6.45) is 0. The quantitative estimate of drug-likeness (QED) is 0.498. The molecular formula is C14H12BrNO3S. The molecule has 0 spiro atoms. The second-order valence-corrected chi connectivity index (χ2v) is 6.03. The first-order valence-electron chi connectivity index (χ1n) is 5.85. The topological polar surface area (TPSA) is 63.4 Å². The zero-order valence-electron chi connectivity index (χ0n) is 10.5. The van der Waals surface area contributed by atoms with E-state index in [0.29, 0.717) is 5.75 Å². The largest absolute Gasteiger partial charge is 0.392 e. The van der Waals surface area contributed by atoms with Crippen molar-refractivity contribution in [3.8, 4) is 0 Å². The molecule has 0 aromatic heterocycles. The highest BCUT2D eigenvalue weighted by Crippen LogP contribution is 2.29. The highest BCUT2D eigenvalue weighted by Gasteiger charge is 2.09. The molecule has 0 fully saturated rings. The summed E-state index contributed by atoms with van der Waals surface area (Å²) < 4.78 is 0.734. The fourth-order valence-electron chi connectivity index (χ4n) is 1.66. The number of aliphatic hydroxyl groups is 1. The summed E-state index contributed by atoms with van der Waals surface area (Å²) in [6, 6.07) is 12.5. The van der Waals surface area contributed by atoms with Crippen LogP contribution in [0.4, 0.5) is 5.69 Å². The van der Waals surface area contributed by atoms with E-state index in [4.69, 9.17) is 5.11 Å². The number of benzene rings is 2. The van der Waals surface area contributed by atoms with Crippen molar-refractivity contribution in [3.63, 3.8) is 0 Å². The Balaban J connectivity index is 2.08. The second kappa shape index (κ2) is 6.88. The minimum absolute atomic E-state index is 0.0234. The van der Waals surface area contributed by atoms with Crippen LogP contribution in [0.3, 0.4) is 0 Å². The standard InChI is InChI=1S/C14H12BrNO3S/c15-14-7-12(16(18)19)5-4-11(14)9-20-13-3-1-2-10(6-13)8-17/h1-7,17H,8-9H2. The zero-order chi connectivity index (χ0) is 14.5. The molecule has 0 unspecified atom stereocenters. The lowest BCUT2D eigenvalue weighted by Crippen LogP contribution is -1.90. The van der Waals surface area contributed by atoms with E-state index in [1.165, 1.54) is 12.1 Å². The molecule has 1 N–H and O–H groups in total. The molecule has 0 bridgehead atoms. The summed E-state index contributed by atoms with van der Waals surface area (Å²) in [7, 11) is 0. The maximum Gasteiger partial charge on any atom is 0.270 e. The zero-order valence-corrected chi connectivity index (χ0v) is 12.9. The summed E-state index contributed by atoms with van der Waals surface area (Å²) in [5, 5.41) is 19.8.